The Balaban J connectivity index is 0.000001000. The Morgan fingerprint density at radius 1 is 1.55 bits per heavy atom. The fraction of sp³-hybridized carbons (Fsp3) is 0.857. The third-order valence-electron chi connectivity index (χ3n) is 1.88. The van der Waals surface area contributed by atoms with E-state index in [1.165, 1.54) is 0 Å². The number of halogens is 1. The molecule has 0 radical (unpaired) electrons. The number of nitrogens with one attached hydrogen (secondary N) is 2. The summed E-state index contributed by atoms with van der Waals surface area (Å²) in [6, 6.07) is 0.0440. The molecule has 0 aliphatic carbocycles. The van der Waals surface area contributed by atoms with E-state index < -0.39 is 0 Å². The third-order valence-corrected chi connectivity index (χ3v) is 1.88. The van der Waals surface area contributed by atoms with Gasteiger partial charge in [-0.05, 0) is 26.3 Å². The average Bonchev–Trinajstić information content (AvgIpc) is 2.13. The van der Waals surface area contributed by atoms with Gasteiger partial charge in [-0.15, -0.1) is 12.4 Å². The Kier molecular flexibility index (Phi) is 5.24. The Labute approximate surface area is 73.3 Å². The molecule has 1 aliphatic heterocycles. The van der Waals surface area contributed by atoms with Crippen LogP contribution in [-0.4, -0.2) is 25.5 Å². The number of rotatable bonds is 1. The Morgan fingerprint density at radius 3 is 2.91 bits per heavy atom. The number of hydrogen-bond donors (Lipinski definition) is 2. The average molecular weight is 179 g/mol. The zero-order valence-electron chi connectivity index (χ0n) is 6.72. The molecule has 0 saturated carbocycles. The molecule has 0 aromatic carbocycles. The second-order valence-corrected chi connectivity index (χ2v) is 2.63. The zero-order valence-corrected chi connectivity index (χ0v) is 7.54. The highest BCUT2D eigenvalue weighted by Crippen LogP contribution is 2.03. The molecule has 1 amide bonds. The molecule has 1 aliphatic rings. The van der Waals surface area contributed by atoms with Crippen molar-refractivity contribution in [2.75, 3.05) is 13.6 Å². The smallest absolute Gasteiger partial charge is 0.237 e. The lowest BCUT2D eigenvalue weighted by atomic mass is 10.1. The van der Waals surface area contributed by atoms with Crippen molar-refractivity contribution >= 4 is 18.3 Å². The monoisotopic (exact) mass is 178 g/mol. The van der Waals surface area contributed by atoms with Gasteiger partial charge in [0.2, 0.25) is 5.91 Å². The third kappa shape index (κ3) is 3.08. The predicted octanol–water partition coefficient (Wildman–Crippen LogP) is 0.296. The van der Waals surface area contributed by atoms with Gasteiger partial charge in [0.15, 0.2) is 0 Å². The molecular weight excluding hydrogens is 164 g/mol. The highest BCUT2D eigenvalue weighted by atomic mass is 35.5. The van der Waals surface area contributed by atoms with Crippen molar-refractivity contribution < 1.29 is 4.79 Å². The highest BCUT2D eigenvalue weighted by molar-refractivity contribution is 5.85. The van der Waals surface area contributed by atoms with Gasteiger partial charge in [-0.2, -0.15) is 0 Å². The minimum absolute atomic E-state index is 0. The first-order chi connectivity index (χ1) is 4.84. The summed E-state index contributed by atoms with van der Waals surface area (Å²) < 4.78 is 0. The van der Waals surface area contributed by atoms with Crippen LogP contribution in [0.25, 0.3) is 0 Å². The second-order valence-electron chi connectivity index (χ2n) is 2.63. The first kappa shape index (κ1) is 10.7. The first-order valence-corrected chi connectivity index (χ1v) is 3.79. The molecule has 1 saturated heterocycles. The Morgan fingerprint density at radius 2 is 2.27 bits per heavy atom. The summed E-state index contributed by atoms with van der Waals surface area (Å²) in [5, 5.41) is 5.83. The quantitative estimate of drug-likeness (QED) is 0.607. The van der Waals surface area contributed by atoms with E-state index in [4.69, 9.17) is 0 Å². The van der Waals surface area contributed by atoms with Crippen LogP contribution in [0.5, 0.6) is 0 Å². The van der Waals surface area contributed by atoms with Crippen LogP contribution in [-0.2, 0) is 4.79 Å². The molecule has 0 aromatic heterocycles. The molecule has 11 heavy (non-hydrogen) atoms. The van der Waals surface area contributed by atoms with Crippen molar-refractivity contribution in [2.45, 2.75) is 25.3 Å². The zero-order chi connectivity index (χ0) is 7.40. The van der Waals surface area contributed by atoms with Crippen LogP contribution in [0.4, 0.5) is 0 Å². The summed E-state index contributed by atoms with van der Waals surface area (Å²) in [4.78, 5) is 11.1. The SMILES string of the molecule is CNC1CCCCNC1=O.Cl. The number of carbonyl (C=O) groups is 1. The maximum absolute atomic E-state index is 11.1. The molecule has 2 N–H and O–H groups in total. The van der Waals surface area contributed by atoms with Gasteiger partial charge in [-0.3, -0.25) is 4.79 Å². The van der Waals surface area contributed by atoms with E-state index >= 15 is 0 Å². The summed E-state index contributed by atoms with van der Waals surface area (Å²) >= 11 is 0. The topological polar surface area (TPSA) is 41.1 Å². The minimum atomic E-state index is 0. The molecule has 4 heteroatoms. The van der Waals surface area contributed by atoms with Crippen molar-refractivity contribution in [1.29, 1.82) is 0 Å². The lowest BCUT2D eigenvalue weighted by Crippen LogP contribution is -2.40. The van der Waals surface area contributed by atoms with E-state index in [2.05, 4.69) is 10.6 Å². The van der Waals surface area contributed by atoms with Crippen LogP contribution in [0.2, 0.25) is 0 Å². The largest absolute Gasteiger partial charge is 0.355 e. The van der Waals surface area contributed by atoms with Crippen LogP contribution in [0, 0.1) is 0 Å². The van der Waals surface area contributed by atoms with Crippen molar-refractivity contribution in [3.8, 4) is 0 Å². The Bertz CT molecular complexity index is 130. The van der Waals surface area contributed by atoms with Gasteiger partial charge in [-0.1, -0.05) is 0 Å². The molecular formula is C7H15ClN2O. The molecule has 1 atom stereocenters. The van der Waals surface area contributed by atoms with Gasteiger partial charge in [0, 0.05) is 6.54 Å². The van der Waals surface area contributed by atoms with Crippen LogP contribution in [0.1, 0.15) is 19.3 Å². The predicted molar refractivity (Wildman–Crippen MR) is 47.0 cm³/mol. The summed E-state index contributed by atoms with van der Waals surface area (Å²) in [5.74, 6) is 0.153. The minimum Gasteiger partial charge on any atom is -0.355 e. The molecule has 0 spiro atoms. The first-order valence-electron chi connectivity index (χ1n) is 3.79. The molecule has 1 heterocycles. The van der Waals surface area contributed by atoms with E-state index in [-0.39, 0.29) is 24.4 Å². The van der Waals surface area contributed by atoms with E-state index in [9.17, 15) is 4.79 Å². The number of likely N-dealkylation sites (N-methyl/N-ethyl adjacent to an activating group) is 1. The number of hydrogen-bond acceptors (Lipinski definition) is 2. The van der Waals surface area contributed by atoms with Gasteiger partial charge >= 0.3 is 0 Å². The van der Waals surface area contributed by atoms with Gasteiger partial charge in [0.1, 0.15) is 0 Å². The van der Waals surface area contributed by atoms with Gasteiger partial charge < -0.3 is 10.6 Å². The molecule has 1 unspecified atom stereocenters. The van der Waals surface area contributed by atoms with E-state index in [1.54, 1.807) is 0 Å². The van der Waals surface area contributed by atoms with Gasteiger partial charge in [-0.25, -0.2) is 0 Å². The van der Waals surface area contributed by atoms with E-state index in [0.29, 0.717) is 0 Å². The standard InChI is InChI=1S/C7H14N2O.ClH/c1-8-6-4-2-3-5-9-7(6)10;/h6,8H,2-5H2,1H3,(H,9,10);1H. The summed E-state index contributed by atoms with van der Waals surface area (Å²) in [6.45, 7) is 0.844. The fourth-order valence-corrected chi connectivity index (χ4v) is 1.21. The van der Waals surface area contributed by atoms with Crippen LogP contribution >= 0.6 is 12.4 Å². The van der Waals surface area contributed by atoms with E-state index in [0.717, 1.165) is 25.8 Å². The maximum atomic E-state index is 11.1. The summed E-state index contributed by atoms with van der Waals surface area (Å²) in [7, 11) is 1.83. The molecule has 1 rings (SSSR count). The van der Waals surface area contributed by atoms with Crippen LogP contribution < -0.4 is 10.6 Å². The van der Waals surface area contributed by atoms with Crippen molar-refractivity contribution in [3.05, 3.63) is 0 Å². The van der Waals surface area contributed by atoms with Crippen molar-refractivity contribution in [1.82, 2.24) is 10.6 Å². The second kappa shape index (κ2) is 5.38. The van der Waals surface area contributed by atoms with Gasteiger partial charge in [0.05, 0.1) is 6.04 Å². The van der Waals surface area contributed by atoms with Crippen molar-refractivity contribution in [3.63, 3.8) is 0 Å². The number of carbonyl (C=O) groups excluding carboxylic acids is 1. The van der Waals surface area contributed by atoms with Crippen LogP contribution in [0.3, 0.4) is 0 Å². The van der Waals surface area contributed by atoms with Crippen molar-refractivity contribution in [2.24, 2.45) is 0 Å². The lowest BCUT2D eigenvalue weighted by Gasteiger charge is -2.10. The van der Waals surface area contributed by atoms with Gasteiger partial charge in [0.25, 0.3) is 0 Å². The summed E-state index contributed by atoms with van der Waals surface area (Å²) in [6.07, 6.45) is 3.23. The Hall–Kier alpha value is -0.280. The molecule has 3 nitrogen and oxygen atoms in total. The van der Waals surface area contributed by atoms with Crippen LogP contribution in [0.15, 0.2) is 0 Å². The number of amides is 1. The fourth-order valence-electron chi connectivity index (χ4n) is 1.21. The maximum Gasteiger partial charge on any atom is 0.237 e. The molecule has 0 aromatic rings. The highest BCUT2D eigenvalue weighted by Gasteiger charge is 2.17. The lowest BCUT2D eigenvalue weighted by molar-refractivity contribution is -0.122. The molecule has 1 fully saturated rings. The van der Waals surface area contributed by atoms with E-state index in [1.807, 2.05) is 7.05 Å². The molecule has 66 valence electrons. The summed E-state index contributed by atoms with van der Waals surface area (Å²) in [5.41, 5.74) is 0. The normalized spacial score (nSPS) is 24.8. The molecule has 0 bridgehead atoms.